The van der Waals surface area contributed by atoms with E-state index in [0.717, 1.165) is 6.04 Å². The van der Waals surface area contributed by atoms with Gasteiger partial charge in [0.25, 0.3) is 0 Å². The van der Waals surface area contributed by atoms with Gasteiger partial charge in [0.15, 0.2) is 0 Å². The summed E-state index contributed by atoms with van der Waals surface area (Å²) in [6, 6.07) is 0.775. The molecule has 1 rings (SSSR count). The van der Waals surface area contributed by atoms with E-state index in [-0.39, 0.29) is 23.7 Å². The highest BCUT2D eigenvalue weighted by Crippen LogP contribution is 2.36. The first-order valence-electron chi connectivity index (χ1n) is 8.29. The van der Waals surface area contributed by atoms with Gasteiger partial charge in [-0.3, -0.25) is 4.90 Å². The van der Waals surface area contributed by atoms with Crippen molar-refractivity contribution in [3.05, 3.63) is 0 Å². The molecule has 0 aliphatic carbocycles. The first kappa shape index (κ1) is 20.0. The van der Waals surface area contributed by atoms with Gasteiger partial charge in [-0.15, -0.1) is 0 Å². The number of hydrogen-bond donors (Lipinski definition) is 0. The van der Waals surface area contributed by atoms with Crippen molar-refractivity contribution in [3.63, 3.8) is 0 Å². The predicted molar refractivity (Wildman–Crippen MR) is 97.7 cm³/mol. The molecule has 23 heavy (non-hydrogen) atoms. The first-order chi connectivity index (χ1) is 10.2. The summed E-state index contributed by atoms with van der Waals surface area (Å²) in [5.41, 5.74) is -0.714. The molecule has 0 saturated heterocycles. The van der Waals surface area contributed by atoms with Gasteiger partial charge in [0.1, 0.15) is 17.8 Å². The molecule has 0 radical (unpaired) electrons. The van der Waals surface area contributed by atoms with E-state index in [1.165, 1.54) is 0 Å². The molecule has 0 saturated carbocycles. The number of amides is 1. The molecule has 0 fully saturated rings. The van der Waals surface area contributed by atoms with E-state index in [4.69, 9.17) is 14.5 Å². The van der Waals surface area contributed by atoms with Crippen LogP contribution in [0.2, 0.25) is 25.7 Å². The molecule has 0 aromatic heterocycles. The van der Waals surface area contributed by atoms with Gasteiger partial charge in [-0.25, -0.2) is 9.79 Å². The van der Waals surface area contributed by atoms with E-state index >= 15 is 0 Å². The lowest BCUT2D eigenvalue weighted by atomic mass is 9.92. The number of carbonyl (C=O) groups is 1. The molecule has 0 bridgehead atoms. The summed E-state index contributed by atoms with van der Waals surface area (Å²) in [7, 11) is 0.208. The van der Waals surface area contributed by atoms with Gasteiger partial charge >= 0.3 is 6.09 Å². The van der Waals surface area contributed by atoms with Crippen LogP contribution < -0.4 is 0 Å². The van der Waals surface area contributed by atoms with Gasteiger partial charge in [-0.2, -0.15) is 0 Å². The van der Waals surface area contributed by atoms with Crippen molar-refractivity contribution in [1.82, 2.24) is 4.90 Å². The fourth-order valence-electron chi connectivity index (χ4n) is 2.67. The Morgan fingerprint density at radius 3 is 2.04 bits per heavy atom. The van der Waals surface area contributed by atoms with Crippen molar-refractivity contribution in [2.24, 2.45) is 10.4 Å². The summed E-state index contributed by atoms with van der Waals surface area (Å²) in [6.45, 7) is 18.8. The zero-order chi connectivity index (χ0) is 18.2. The minimum absolute atomic E-state index is 0.134. The second kappa shape index (κ2) is 6.46. The maximum Gasteiger partial charge on any atom is 0.412 e. The topological polar surface area (TPSA) is 51.1 Å². The highest BCUT2D eigenvalue weighted by atomic mass is 28.3. The van der Waals surface area contributed by atoms with Gasteiger partial charge in [0, 0.05) is 13.5 Å². The Labute approximate surface area is 142 Å². The average molecular weight is 343 g/mol. The quantitative estimate of drug-likeness (QED) is 0.701. The lowest BCUT2D eigenvalue weighted by Crippen LogP contribution is -2.52. The van der Waals surface area contributed by atoms with Crippen molar-refractivity contribution >= 4 is 20.1 Å². The molecule has 134 valence electrons. The Hall–Kier alpha value is -1.04. The minimum atomic E-state index is -1.43. The summed E-state index contributed by atoms with van der Waals surface area (Å²) < 4.78 is 11.2. The van der Waals surface area contributed by atoms with E-state index in [2.05, 4.69) is 40.4 Å². The summed E-state index contributed by atoms with van der Waals surface area (Å²) in [5, 5.41) is 0. The van der Waals surface area contributed by atoms with Crippen LogP contribution in [0, 0.1) is 5.41 Å². The normalized spacial score (nSPS) is 22.9. The number of hydrogen-bond acceptors (Lipinski definition) is 4. The molecule has 0 spiro atoms. The first-order valence-corrected chi connectivity index (χ1v) is 12.0. The second-order valence-electron chi connectivity index (χ2n) is 9.58. The molecule has 5 nitrogen and oxygen atoms in total. The van der Waals surface area contributed by atoms with Gasteiger partial charge in [-0.05, 0) is 26.8 Å². The largest absolute Gasteiger partial charge is 0.483 e. The molecule has 1 aliphatic rings. The standard InChI is InChI=1S/C17H34N2O3Si/c1-16(2,3)14-18-13(21-7)12(11-23(8,9)10)19(14)15(20)22-17(4,5)6/h12,14H,11H2,1-10H3/t12-,14-/m0/s1. The van der Waals surface area contributed by atoms with E-state index in [0.29, 0.717) is 5.90 Å². The fourth-order valence-corrected chi connectivity index (χ4v) is 4.20. The predicted octanol–water partition coefficient (Wildman–Crippen LogP) is 4.36. The Bertz CT molecular complexity index is 470. The Kier molecular flexibility index (Phi) is 5.61. The molecular formula is C17H34N2O3Si. The zero-order valence-electron chi connectivity index (χ0n) is 16.5. The Balaban J connectivity index is 3.22. The van der Waals surface area contributed by atoms with E-state index in [1.54, 1.807) is 12.0 Å². The van der Waals surface area contributed by atoms with E-state index in [1.807, 2.05) is 20.8 Å². The number of ether oxygens (including phenoxy) is 2. The molecule has 0 aromatic rings. The van der Waals surface area contributed by atoms with Crippen molar-refractivity contribution in [2.45, 2.75) is 85.0 Å². The lowest BCUT2D eigenvalue weighted by molar-refractivity contribution is 0.00366. The molecule has 2 atom stereocenters. The number of aliphatic imine (C=N–C) groups is 1. The lowest BCUT2D eigenvalue weighted by Gasteiger charge is -2.38. The van der Waals surface area contributed by atoms with Crippen LogP contribution in [0.4, 0.5) is 4.79 Å². The van der Waals surface area contributed by atoms with E-state index < -0.39 is 13.7 Å². The molecule has 1 heterocycles. The van der Waals surface area contributed by atoms with Crippen molar-refractivity contribution in [2.75, 3.05) is 7.11 Å². The van der Waals surface area contributed by atoms with Crippen LogP contribution in [-0.4, -0.2) is 49.9 Å². The highest BCUT2D eigenvalue weighted by molar-refractivity contribution is 6.76. The smallest absolute Gasteiger partial charge is 0.412 e. The van der Waals surface area contributed by atoms with Crippen LogP contribution in [0.3, 0.4) is 0 Å². The summed E-state index contributed by atoms with van der Waals surface area (Å²) in [5.74, 6) is 0.651. The van der Waals surface area contributed by atoms with Gasteiger partial charge < -0.3 is 9.47 Å². The maximum absolute atomic E-state index is 12.9. The molecule has 0 unspecified atom stereocenters. The minimum Gasteiger partial charge on any atom is -0.483 e. The maximum atomic E-state index is 12.9. The van der Waals surface area contributed by atoms with Crippen LogP contribution in [0.15, 0.2) is 4.99 Å². The third-order valence-electron chi connectivity index (χ3n) is 3.53. The number of rotatable bonds is 2. The third kappa shape index (κ3) is 5.51. The molecular weight excluding hydrogens is 308 g/mol. The SMILES string of the molecule is COC1=N[C@H](C(C)(C)C)N(C(=O)OC(C)(C)C)[C@H]1C[Si](C)(C)C. The zero-order valence-corrected chi connectivity index (χ0v) is 17.5. The average Bonchev–Trinajstić information content (AvgIpc) is 2.62. The fraction of sp³-hybridized carbons (Fsp3) is 0.882. The molecule has 0 N–H and O–H groups in total. The van der Waals surface area contributed by atoms with Crippen molar-refractivity contribution in [1.29, 1.82) is 0 Å². The van der Waals surface area contributed by atoms with Crippen LogP contribution in [0.5, 0.6) is 0 Å². The molecule has 1 aliphatic heterocycles. The van der Waals surface area contributed by atoms with Gasteiger partial charge in [0.2, 0.25) is 5.90 Å². The third-order valence-corrected chi connectivity index (χ3v) is 5.14. The number of nitrogens with zero attached hydrogens (tertiary/aromatic N) is 2. The summed E-state index contributed by atoms with van der Waals surface area (Å²) in [6.07, 6.45) is -0.579. The van der Waals surface area contributed by atoms with Gasteiger partial charge in [-0.1, -0.05) is 40.4 Å². The van der Waals surface area contributed by atoms with Crippen molar-refractivity contribution in [3.8, 4) is 0 Å². The monoisotopic (exact) mass is 342 g/mol. The van der Waals surface area contributed by atoms with Crippen LogP contribution in [0.25, 0.3) is 0 Å². The van der Waals surface area contributed by atoms with Crippen molar-refractivity contribution < 1.29 is 14.3 Å². The van der Waals surface area contributed by atoms with Crippen LogP contribution in [0.1, 0.15) is 41.5 Å². The van der Waals surface area contributed by atoms with Crippen LogP contribution in [-0.2, 0) is 9.47 Å². The highest BCUT2D eigenvalue weighted by Gasteiger charge is 2.48. The summed E-state index contributed by atoms with van der Waals surface area (Å²) in [4.78, 5) is 19.4. The number of carbonyl (C=O) groups excluding carboxylic acids is 1. The molecule has 1 amide bonds. The van der Waals surface area contributed by atoms with Gasteiger partial charge in [0.05, 0.1) is 7.11 Å². The Morgan fingerprint density at radius 1 is 1.17 bits per heavy atom. The number of methoxy groups -OCH3 is 1. The summed E-state index contributed by atoms with van der Waals surface area (Å²) >= 11 is 0. The molecule has 0 aromatic carbocycles. The molecule has 6 heteroatoms. The van der Waals surface area contributed by atoms with Crippen LogP contribution >= 0.6 is 0 Å². The van der Waals surface area contributed by atoms with E-state index in [9.17, 15) is 4.79 Å². The second-order valence-corrected chi connectivity index (χ2v) is 15.1. The Morgan fingerprint density at radius 2 is 1.70 bits per heavy atom.